The number of hydrogen-bond acceptors (Lipinski definition) is 1. The van der Waals surface area contributed by atoms with Crippen molar-refractivity contribution in [1.82, 2.24) is 5.32 Å². The fourth-order valence-corrected chi connectivity index (χ4v) is 3.44. The highest BCUT2D eigenvalue weighted by molar-refractivity contribution is 9.09. The molecule has 0 aliphatic heterocycles. The highest BCUT2D eigenvalue weighted by Gasteiger charge is 2.27. The predicted octanol–water partition coefficient (Wildman–Crippen LogP) is 3.51. The van der Waals surface area contributed by atoms with Gasteiger partial charge in [0.05, 0.1) is 5.56 Å². The summed E-state index contributed by atoms with van der Waals surface area (Å²) < 4.78 is 26.5. The topological polar surface area (TPSA) is 29.1 Å². The minimum Gasteiger partial charge on any atom is -0.352 e. The number of amides is 1. The molecule has 1 aromatic rings. The molecule has 2 nitrogen and oxygen atoms in total. The molecule has 2 atom stereocenters. The number of rotatable bonds is 4. The number of halogens is 3. The summed E-state index contributed by atoms with van der Waals surface area (Å²) in [5.41, 5.74) is -0.228. The Morgan fingerprint density at radius 2 is 2.05 bits per heavy atom. The highest BCUT2D eigenvalue weighted by atomic mass is 79.9. The van der Waals surface area contributed by atoms with E-state index in [1.165, 1.54) is 12.1 Å². The molecule has 0 spiro atoms. The number of carbonyl (C=O) groups is 1. The molecule has 0 heterocycles. The van der Waals surface area contributed by atoms with E-state index in [0.717, 1.165) is 30.7 Å². The van der Waals surface area contributed by atoms with Gasteiger partial charge in [-0.2, -0.15) is 0 Å². The third-order valence-electron chi connectivity index (χ3n) is 3.74. The molecule has 0 aromatic heterocycles. The Morgan fingerprint density at radius 1 is 1.32 bits per heavy atom. The summed E-state index contributed by atoms with van der Waals surface area (Å²) in [6.07, 6.45) is 3.38. The van der Waals surface area contributed by atoms with Crippen molar-refractivity contribution in [3.05, 3.63) is 35.4 Å². The van der Waals surface area contributed by atoms with Crippen molar-refractivity contribution in [2.24, 2.45) is 11.8 Å². The number of hydrogen-bond donors (Lipinski definition) is 1. The molecule has 1 fully saturated rings. The van der Waals surface area contributed by atoms with Gasteiger partial charge < -0.3 is 5.32 Å². The molecular formula is C14H16BrF2NO. The predicted molar refractivity (Wildman–Crippen MR) is 73.3 cm³/mol. The van der Waals surface area contributed by atoms with Crippen molar-refractivity contribution >= 4 is 21.8 Å². The van der Waals surface area contributed by atoms with Crippen molar-refractivity contribution in [2.75, 3.05) is 11.9 Å². The normalized spacial score (nSPS) is 22.5. The first kappa shape index (κ1) is 14.4. The van der Waals surface area contributed by atoms with Gasteiger partial charge in [0.2, 0.25) is 0 Å². The minimum absolute atomic E-state index is 0.228. The van der Waals surface area contributed by atoms with Crippen LogP contribution in [0, 0.1) is 23.5 Å². The first-order valence-corrected chi connectivity index (χ1v) is 7.53. The minimum atomic E-state index is -1.08. The van der Waals surface area contributed by atoms with Gasteiger partial charge in [0.25, 0.3) is 5.91 Å². The lowest BCUT2D eigenvalue weighted by molar-refractivity contribution is 0.0939. The smallest absolute Gasteiger partial charge is 0.254 e. The Balaban J connectivity index is 1.96. The summed E-state index contributed by atoms with van der Waals surface area (Å²) in [5, 5.41) is 3.63. The van der Waals surface area contributed by atoms with Gasteiger partial charge in [-0.25, -0.2) is 8.78 Å². The molecule has 5 heteroatoms. The first-order valence-electron chi connectivity index (χ1n) is 6.41. The van der Waals surface area contributed by atoms with Crippen LogP contribution >= 0.6 is 15.9 Å². The number of nitrogens with one attached hydrogen (secondary N) is 1. The van der Waals surface area contributed by atoms with Gasteiger partial charge in [0, 0.05) is 11.9 Å². The lowest BCUT2D eigenvalue weighted by Crippen LogP contribution is -2.31. The number of carbonyl (C=O) groups excluding carboxylic acids is 1. The van der Waals surface area contributed by atoms with Crippen LogP contribution in [0.4, 0.5) is 8.78 Å². The summed E-state index contributed by atoms with van der Waals surface area (Å²) in [5.74, 6) is -1.65. The van der Waals surface area contributed by atoms with Crippen LogP contribution in [0.5, 0.6) is 0 Å². The second-order valence-electron chi connectivity index (χ2n) is 4.92. The maximum Gasteiger partial charge on any atom is 0.254 e. The van der Waals surface area contributed by atoms with E-state index in [0.29, 0.717) is 18.4 Å². The van der Waals surface area contributed by atoms with Crippen LogP contribution in [0.25, 0.3) is 0 Å². The highest BCUT2D eigenvalue weighted by Crippen LogP contribution is 2.32. The fraction of sp³-hybridized carbons (Fsp3) is 0.500. The molecule has 1 aliphatic rings. The van der Waals surface area contributed by atoms with Crippen LogP contribution in [-0.4, -0.2) is 17.8 Å². The maximum atomic E-state index is 13.5. The van der Waals surface area contributed by atoms with E-state index in [4.69, 9.17) is 0 Å². The van der Waals surface area contributed by atoms with Crippen LogP contribution in [0.1, 0.15) is 29.6 Å². The number of benzene rings is 1. The molecule has 1 aromatic carbocycles. The standard InChI is InChI=1S/C14H16BrF2NO/c15-7-9-3-1-4-10(9)8-18-14(19)11-5-2-6-12(16)13(11)17/h2,5-6,9-10H,1,3-4,7-8H2,(H,18,19). The monoisotopic (exact) mass is 331 g/mol. The molecule has 19 heavy (non-hydrogen) atoms. The van der Waals surface area contributed by atoms with Crippen molar-refractivity contribution < 1.29 is 13.6 Å². The van der Waals surface area contributed by atoms with Crippen LogP contribution in [0.3, 0.4) is 0 Å². The van der Waals surface area contributed by atoms with Crippen LogP contribution < -0.4 is 5.32 Å². The quantitative estimate of drug-likeness (QED) is 0.840. The third kappa shape index (κ3) is 3.32. The first-order chi connectivity index (χ1) is 9.13. The summed E-state index contributed by atoms with van der Waals surface area (Å²) in [6.45, 7) is 0.519. The number of alkyl halides is 1. The lowest BCUT2D eigenvalue weighted by Gasteiger charge is -2.17. The molecular weight excluding hydrogens is 316 g/mol. The third-order valence-corrected chi connectivity index (χ3v) is 4.57. The Kier molecular flexibility index (Phi) is 4.91. The Labute approximate surface area is 119 Å². The molecule has 2 rings (SSSR count). The molecule has 0 saturated heterocycles. The Hall–Kier alpha value is -0.970. The van der Waals surface area contributed by atoms with E-state index in [-0.39, 0.29) is 5.56 Å². The van der Waals surface area contributed by atoms with Crippen molar-refractivity contribution in [3.8, 4) is 0 Å². The van der Waals surface area contributed by atoms with E-state index in [1.807, 2.05) is 0 Å². The second kappa shape index (κ2) is 6.46. The Morgan fingerprint density at radius 3 is 2.79 bits per heavy atom. The van der Waals surface area contributed by atoms with Gasteiger partial charge in [-0.05, 0) is 36.8 Å². The molecule has 1 aliphatic carbocycles. The van der Waals surface area contributed by atoms with Crippen LogP contribution in [0.2, 0.25) is 0 Å². The zero-order valence-corrected chi connectivity index (χ0v) is 12.1. The summed E-state index contributed by atoms with van der Waals surface area (Å²) in [7, 11) is 0. The van der Waals surface area contributed by atoms with Gasteiger partial charge in [-0.15, -0.1) is 0 Å². The maximum absolute atomic E-state index is 13.5. The molecule has 0 radical (unpaired) electrons. The second-order valence-corrected chi connectivity index (χ2v) is 5.56. The SMILES string of the molecule is O=C(NCC1CCCC1CBr)c1cccc(F)c1F. The molecule has 0 bridgehead atoms. The largest absolute Gasteiger partial charge is 0.352 e. The van der Waals surface area contributed by atoms with E-state index < -0.39 is 17.5 Å². The summed E-state index contributed by atoms with van der Waals surface area (Å²) in [6, 6.07) is 3.64. The lowest BCUT2D eigenvalue weighted by atomic mass is 9.98. The van der Waals surface area contributed by atoms with Crippen molar-refractivity contribution in [3.63, 3.8) is 0 Å². The van der Waals surface area contributed by atoms with Crippen LogP contribution in [0.15, 0.2) is 18.2 Å². The summed E-state index contributed by atoms with van der Waals surface area (Å²) in [4.78, 5) is 11.8. The molecule has 1 N–H and O–H groups in total. The van der Waals surface area contributed by atoms with Crippen molar-refractivity contribution in [2.45, 2.75) is 19.3 Å². The van der Waals surface area contributed by atoms with Gasteiger partial charge in [-0.1, -0.05) is 28.4 Å². The van der Waals surface area contributed by atoms with E-state index in [2.05, 4.69) is 21.2 Å². The van der Waals surface area contributed by atoms with E-state index in [9.17, 15) is 13.6 Å². The molecule has 1 amide bonds. The van der Waals surface area contributed by atoms with Crippen molar-refractivity contribution in [1.29, 1.82) is 0 Å². The van der Waals surface area contributed by atoms with E-state index >= 15 is 0 Å². The summed E-state index contributed by atoms with van der Waals surface area (Å²) >= 11 is 3.47. The fourth-order valence-electron chi connectivity index (χ4n) is 2.58. The van der Waals surface area contributed by atoms with Gasteiger partial charge in [0.1, 0.15) is 0 Å². The van der Waals surface area contributed by atoms with Crippen LogP contribution in [-0.2, 0) is 0 Å². The van der Waals surface area contributed by atoms with Gasteiger partial charge in [-0.3, -0.25) is 4.79 Å². The van der Waals surface area contributed by atoms with Gasteiger partial charge >= 0.3 is 0 Å². The molecule has 104 valence electrons. The van der Waals surface area contributed by atoms with Gasteiger partial charge in [0.15, 0.2) is 11.6 Å². The zero-order valence-electron chi connectivity index (χ0n) is 10.5. The molecule has 2 unspecified atom stereocenters. The zero-order chi connectivity index (χ0) is 13.8. The molecule has 1 saturated carbocycles. The average Bonchev–Trinajstić information content (AvgIpc) is 2.86. The van der Waals surface area contributed by atoms with E-state index in [1.54, 1.807) is 0 Å². The average molecular weight is 332 g/mol. The Bertz CT molecular complexity index is 467.